The molecule has 0 amide bonds. The molecule has 0 spiro atoms. The molecular formula is C19H22N6O3. The van der Waals surface area contributed by atoms with Crippen LogP contribution in [0.15, 0.2) is 41.2 Å². The summed E-state index contributed by atoms with van der Waals surface area (Å²) in [5, 5.41) is 12.8. The zero-order valence-electron chi connectivity index (χ0n) is 15.3. The number of hydrogen-bond donors (Lipinski definition) is 4. The highest BCUT2D eigenvalue weighted by Crippen LogP contribution is 2.20. The number of ether oxygens (including phenoxy) is 1. The van der Waals surface area contributed by atoms with Crippen LogP contribution in [0.5, 0.6) is 5.75 Å². The molecule has 4 rings (SSSR count). The van der Waals surface area contributed by atoms with Crippen LogP contribution >= 0.6 is 0 Å². The van der Waals surface area contributed by atoms with E-state index in [4.69, 9.17) is 10.5 Å². The van der Waals surface area contributed by atoms with E-state index in [1.54, 1.807) is 0 Å². The number of imidazole rings is 1. The lowest BCUT2D eigenvalue weighted by Gasteiger charge is -2.16. The minimum Gasteiger partial charge on any atom is -0.490 e. The van der Waals surface area contributed by atoms with Gasteiger partial charge >= 0.3 is 5.69 Å². The maximum Gasteiger partial charge on any atom is 0.328 e. The molecule has 5 N–H and O–H groups in total. The van der Waals surface area contributed by atoms with Gasteiger partial charge in [0.1, 0.15) is 17.9 Å². The van der Waals surface area contributed by atoms with Crippen LogP contribution in [0.4, 0.5) is 11.8 Å². The second kappa shape index (κ2) is 7.73. The van der Waals surface area contributed by atoms with Crippen LogP contribution < -0.4 is 21.5 Å². The van der Waals surface area contributed by atoms with Gasteiger partial charge in [-0.05, 0) is 30.5 Å². The molecular weight excluding hydrogens is 360 g/mol. The fourth-order valence-electron chi connectivity index (χ4n) is 3.20. The molecule has 1 aliphatic rings. The van der Waals surface area contributed by atoms with Gasteiger partial charge in [0.2, 0.25) is 5.95 Å². The zero-order valence-corrected chi connectivity index (χ0v) is 15.3. The van der Waals surface area contributed by atoms with E-state index in [0.717, 1.165) is 17.7 Å². The van der Waals surface area contributed by atoms with Gasteiger partial charge in [-0.2, -0.15) is 9.97 Å². The first-order valence-corrected chi connectivity index (χ1v) is 9.14. The quantitative estimate of drug-likeness (QED) is 0.466. The minimum absolute atomic E-state index is 0.0733. The number of aliphatic hydroxyl groups is 1. The number of allylic oxidation sites excluding steroid dienone is 1. The third-order valence-electron chi connectivity index (χ3n) is 4.64. The minimum atomic E-state index is -0.317. The highest BCUT2D eigenvalue weighted by atomic mass is 16.5. The van der Waals surface area contributed by atoms with Gasteiger partial charge < -0.3 is 25.9 Å². The lowest BCUT2D eigenvalue weighted by Crippen LogP contribution is -2.25. The summed E-state index contributed by atoms with van der Waals surface area (Å²) in [5.74, 6) is 1.19. The van der Waals surface area contributed by atoms with Crippen molar-refractivity contribution in [2.75, 3.05) is 24.3 Å². The summed E-state index contributed by atoms with van der Waals surface area (Å²) in [4.78, 5) is 23.9. The van der Waals surface area contributed by atoms with E-state index in [-0.39, 0.29) is 30.1 Å². The number of anilines is 2. The largest absolute Gasteiger partial charge is 0.490 e. The van der Waals surface area contributed by atoms with Gasteiger partial charge in [0.25, 0.3) is 0 Å². The number of nitrogen functional groups attached to an aromatic ring is 1. The molecule has 0 fully saturated rings. The molecule has 1 unspecified atom stereocenters. The van der Waals surface area contributed by atoms with Gasteiger partial charge in [-0.25, -0.2) is 4.79 Å². The van der Waals surface area contributed by atoms with Gasteiger partial charge in [-0.3, -0.25) is 4.57 Å². The van der Waals surface area contributed by atoms with Gasteiger partial charge in [0, 0.05) is 0 Å². The van der Waals surface area contributed by atoms with Crippen LogP contribution in [0.2, 0.25) is 0 Å². The molecule has 0 radical (unpaired) electrons. The summed E-state index contributed by atoms with van der Waals surface area (Å²) in [6, 6.07) is 7.35. The van der Waals surface area contributed by atoms with Crippen molar-refractivity contribution < 1.29 is 9.84 Å². The van der Waals surface area contributed by atoms with Crippen LogP contribution in [-0.4, -0.2) is 43.9 Å². The Morgan fingerprint density at radius 2 is 2.21 bits per heavy atom. The third kappa shape index (κ3) is 3.70. The normalized spacial score (nSPS) is 18.5. The van der Waals surface area contributed by atoms with Crippen molar-refractivity contribution in [2.24, 2.45) is 0 Å². The lowest BCUT2D eigenvalue weighted by molar-refractivity contribution is 0.269. The first-order chi connectivity index (χ1) is 13.6. The van der Waals surface area contributed by atoms with E-state index in [1.807, 2.05) is 36.4 Å². The lowest BCUT2D eigenvalue weighted by atomic mass is 10.1. The Balaban J connectivity index is 1.81. The summed E-state index contributed by atoms with van der Waals surface area (Å²) in [6.07, 6.45) is 5.41. The molecule has 3 aromatic rings. The monoisotopic (exact) mass is 382 g/mol. The van der Waals surface area contributed by atoms with E-state index in [9.17, 15) is 9.90 Å². The number of nitrogens with two attached hydrogens (primary N) is 1. The summed E-state index contributed by atoms with van der Waals surface area (Å²) < 4.78 is 7.27. The Morgan fingerprint density at radius 1 is 1.32 bits per heavy atom. The standard InChI is InChI=1S/C19H22N6O3/c20-16-15-17-24-18(23-16)21-13(11-26)6-2-1-3-8-28-14-7-4-5-12(9-14)10-25(17)19(27)22-15/h1,3-5,7,9,13,26H,2,6,8,10-11H2,(H,22,27)(H3,20,21,23,24)/b3-1+. The molecule has 1 aliphatic heterocycles. The molecule has 1 atom stereocenters. The van der Waals surface area contributed by atoms with Crippen molar-refractivity contribution in [1.82, 2.24) is 19.5 Å². The summed E-state index contributed by atoms with van der Waals surface area (Å²) >= 11 is 0. The molecule has 0 saturated carbocycles. The first kappa shape index (κ1) is 18.1. The summed E-state index contributed by atoms with van der Waals surface area (Å²) in [5.41, 5.74) is 7.43. The molecule has 3 heterocycles. The maximum atomic E-state index is 12.5. The molecule has 2 aromatic heterocycles. The predicted molar refractivity (Wildman–Crippen MR) is 106 cm³/mol. The van der Waals surface area contributed by atoms with Crippen LogP contribution in [0, 0.1) is 0 Å². The highest BCUT2D eigenvalue weighted by molar-refractivity contribution is 5.82. The van der Waals surface area contributed by atoms with Crippen LogP contribution in [0.1, 0.15) is 18.4 Å². The van der Waals surface area contributed by atoms with Crippen LogP contribution in [0.3, 0.4) is 0 Å². The molecule has 146 valence electrons. The number of aromatic amines is 1. The molecule has 0 saturated heterocycles. The fourth-order valence-corrected chi connectivity index (χ4v) is 3.20. The van der Waals surface area contributed by atoms with E-state index >= 15 is 0 Å². The smallest absolute Gasteiger partial charge is 0.328 e. The van der Waals surface area contributed by atoms with E-state index in [2.05, 4.69) is 20.3 Å². The third-order valence-corrected chi connectivity index (χ3v) is 4.64. The number of aliphatic hydroxyl groups excluding tert-OH is 1. The Labute approximate surface area is 160 Å². The van der Waals surface area contributed by atoms with E-state index < -0.39 is 0 Å². The van der Waals surface area contributed by atoms with Crippen molar-refractivity contribution in [3.8, 4) is 5.75 Å². The van der Waals surface area contributed by atoms with Gasteiger partial charge in [0.05, 0.1) is 19.2 Å². The molecule has 28 heavy (non-hydrogen) atoms. The van der Waals surface area contributed by atoms with Crippen molar-refractivity contribution in [3.63, 3.8) is 0 Å². The molecule has 4 bridgehead atoms. The van der Waals surface area contributed by atoms with Crippen LogP contribution in [0.25, 0.3) is 11.2 Å². The topological polar surface area (TPSA) is 131 Å². The number of aromatic nitrogens is 4. The molecule has 9 heteroatoms. The summed E-state index contributed by atoms with van der Waals surface area (Å²) in [7, 11) is 0. The second-order valence-electron chi connectivity index (χ2n) is 6.68. The van der Waals surface area contributed by atoms with E-state index in [0.29, 0.717) is 30.7 Å². The second-order valence-corrected chi connectivity index (χ2v) is 6.68. The predicted octanol–water partition coefficient (Wildman–Crippen LogP) is 1.25. The van der Waals surface area contributed by atoms with Crippen molar-refractivity contribution in [3.05, 3.63) is 52.5 Å². The molecule has 9 nitrogen and oxygen atoms in total. The molecule has 0 aliphatic carbocycles. The Morgan fingerprint density at radius 3 is 3.07 bits per heavy atom. The number of nitrogens with zero attached hydrogens (tertiary/aromatic N) is 3. The summed E-state index contributed by atoms with van der Waals surface area (Å²) in [6.45, 7) is 0.690. The SMILES string of the molecule is Nc1nc2nc3c1[nH]c(=O)n3Cc1cccc(c1)OC/C=C/CCC(CO)N2. The number of nitrogens with one attached hydrogen (secondary N) is 2. The Kier molecular flexibility index (Phi) is 4.98. The van der Waals surface area contributed by atoms with Crippen molar-refractivity contribution in [1.29, 1.82) is 0 Å². The number of benzene rings is 1. The average molecular weight is 382 g/mol. The van der Waals surface area contributed by atoms with Gasteiger partial charge in [-0.15, -0.1) is 0 Å². The number of hydrogen-bond acceptors (Lipinski definition) is 7. The Bertz CT molecular complexity index is 1070. The highest BCUT2D eigenvalue weighted by Gasteiger charge is 2.16. The van der Waals surface area contributed by atoms with Crippen molar-refractivity contribution in [2.45, 2.75) is 25.4 Å². The maximum absolute atomic E-state index is 12.5. The van der Waals surface area contributed by atoms with E-state index in [1.165, 1.54) is 4.57 Å². The van der Waals surface area contributed by atoms with Gasteiger partial charge in [0.15, 0.2) is 11.5 Å². The Hall–Kier alpha value is -3.33. The van der Waals surface area contributed by atoms with Crippen molar-refractivity contribution >= 4 is 22.9 Å². The number of H-pyrrole nitrogens is 1. The van der Waals surface area contributed by atoms with Crippen LogP contribution in [-0.2, 0) is 6.54 Å². The number of fused-ring (bicyclic) bond motifs is 3. The fraction of sp³-hybridized carbons (Fsp3) is 0.316. The average Bonchev–Trinajstić information content (AvgIpc) is 2.99. The first-order valence-electron chi connectivity index (χ1n) is 9.14. The molecule has 1 aromatic carbocycles. The number of rotatable bonds is 1. The zero-order chi connectivity index (χ0) is 19.5. The van der Waals surface area contributed by atoms with Gasteiger partial charge in [-0.1, -0.05) is 24.3 Å².